The minimum absolute atomic E-state index is 0.440. The monoisotopic (exact) mass is 456 g/mol. The van der Waals surface area contributed by atoms with Gasteiger partial charge in [-0.1, -0.05) is 103 Å². The van der Waals surface area contributed by atoms with Crippen LogP contribution in [-0.4, -0.2) is 33.2 Å². The summed E-state index contributed by atoms with van der Waals surface area (Å²) < 4.78 is 17.4. The molecule has 0 amide bonds. The standard InChI is InChI=1S/C26H54O3.C3H6/c1-6-8-10-12-14-15-17-19-23-29-24-20-22-25(26(3,27-4)28-5)21-18-16-13-11-9-7-2;1-3-2/h25H,6-24H2,1-5H3;3H,1H2,2H3. The van der Waals surface area contributed by atoms with Crippen LogP contribution in [0.25, 0.3) is 0 Å². The predicted octanol–water partition coefficient (Wildman–Crippen LogP) is 9.49. The maximum atomic E-state index is 5.90. The van der Waals surface area contributed by atoms with Gasteiger partial charge in [0, 0.05) is 33.4 Å². The molecule has 0 fully saturated rings. The Balaban J connectivity index is 0. The largest absolute Gasteiger partial charge is 0.381 e. The molecule has 0 saturated heterocycles. The van der Waals surface area contributed by atoms with Crippen LogP contribution < -0.4 is 0 Å². The first-order chi connectivity index (χ1) is 15.6. The lowest BCUT2D eigenvalue weighted by Gasteiger charge is -2.35. The fourth-order valence-corrected chi connectivity index (χ4v) is 4.13. The lowest BCUT2D eigenvalue weighted by molar-refractivity contribution is -0.230. The quantitative estimate of drug-likeness (QED) is 0.0870. The van der Waals surface area contributed by atoms with E-state index in [1.807, 2.05) is 6.92 Å². The van der Waals surface area contributed by atoms with Gasteiger partial charge in [0.05, 0.1) is 0 Å². The molecule has 0 aliphatic rings. The van der Waals surface area contributed by atoms with Gasteiger partial charge in [-0.05, 0) is 39.5 Å². The number of hydrogen-bond acceptors (Lipinski definition) is 3. The van der Waals surface area contributed by atoms with Crippen LogP contribution in [0, 0.1) is 5.92 Å². The lowest BCUT2D eigenvalue weighted by atomic mass is 9.88. The second-order valence-electron chi connectivity index (χ2n) is 9.32. The normalized spacial score (nSPS) is 12.3. The molecule has 0 aliphatic carbocycles. The van der Waals surface area contributed by atoms with Crippen molar-refractivity contribution in [3.63, 3.8) is 0 Å². The summed E-state index contributed by atoms with van der Waals surface area (Å²) in [6.45, 7) is 13.7. The Morgan fingerprint density at radius 1 is 0.656 bits per heavy atom. The predicted molar refractivity (Wildman–Crippen MR) is 142 cm³/mol. The summed E-state index contributed by atoms with van der Waals surface area (Å²) in [6, 6.07) is 0. The van der Waals surface area contributed by atoms with E-state index in [-0.39, 0.29) is 0 Å². The van der Waals surface area contributed by atoms with Gasteiger partial charge in [-0.15, -0.1) is 6.58 Å². The summed E-state index contributed by atoms with van der Waals surface area (Å²) in [7, 11) is 3.55. The number of methoxy groups -OCH3 is 2. The molecule has 0 radical (unpaired) electrons. The zero-order chi connectivity index (χ0) is 24.3. The summed E-state index contributed by atoms with van der Waals surface area (Å²) in [5.74, 6) is -0.0309. The first-order valence-corrected chi connectivity index (χ1v) is 13.8. The zero-order valence-corrected chi connectivity index (χ0v) is 23.0. The van der Waals surface area contributed by atoms with E-state index in [2.05, 4.69) is 27.4 Å². The summed E-state index contributed by atoms with van der Waals surface area (Å²) >= 11 is 0. The number of allylic oxidation sites excluding steroid dienone is 1. The molecule has 0 rings (SSSR count). The van der Waals surface area contributed by atoms with E-state index in [4.69, 9.17) is 14.2 Å². The molecule has 0 spiro atoms. The Morgan fingerprint density at radius 3 is 1.50 bits per heavy atom. The average molecular weight is 457 g/mol. The van der Waals surface area contributed by atoms with Crippen molar-refractivity contribution in [2.45, 2.75) is 143 Å². The molecule has 3 nitrogen and oxygen atoms in total. The van der Waals surface area contributed by atoms with Crippen molar-refractivity contribution in [2.75, 3.05) is 27.4 Å². The van der Waals surface area contributed by atoms with Gasteiger partial charge in [0.25, 0.3) is 0 Å². The summed E-state index contributed by atoms with van der Waals surface area (Å²) in [5, 5.41) is 0. The summed E-state index contributed by atoms with van der Waals surface area (Å²) in [5.41, 5.74) is 0. The van der Waals surface area contributed by atoms with E-state index in [0.717, 1.165) is 26.1 Å². The van der Waals surface area contributed by atoms with Crippen LogP contribution in [0.5, 0.6) is 0 Å². The molecular weight excluding hydrogens is 396 g/mol. The number of ether oxygens (including phenoxy) is 3. The Morgan fingerprint density at radius 2 is 1.03 bits per heavy atom. The van der Waals surface area contributed by atoms with Crippen molar-refractivity contribution >= 4 is 0 Å². The van der Waals surface area contributed by atoms with Crippen LogP contribution in [0.4, 0.5) is 0 Å². The van der Waals surface area contributed by atoms with Crippen LogP contribution >= 0.6 is 0 Å². The molecule has 0 aromatic rings. The van der Waals surface area contributed by atoms with Crippen molar-refractivity contribution < 1.29 is 14.2 Å². The third kappa shape index (κ3) is 21.5. The molecule has 194 valence electrons. The van der Waals surface area contributed by atoms with Gasteiger partial charge < -0.3 is 14.2 Å². The smallest absolute Gasteiger partial charge is 0.167 e. The van der Waals surface area contributed by atoms with Gasteiger partial charge in [-0.25, -0.2) is 0 Å². The van der Waals surface area contributed by atoms with Gasteiger partial charge in [0.1, 0.15) is 0 Å². The highest BCUT2D eigenvalue weighted by atomic mass is 16.7. The molecule has 0 aliphatic heterocycles. The van der Waals surface area contributed by atoms with Gasteiger partial charge in [-0.2, -0.15) is 0 Å². The molecule has 0 saturated carbocycles. The molecule has 0 heterocycles. The van der Waals surface area contributed by atoms with E-state index in [9.17, 15) is 0 Å². The second kappa shape index (κ2) is 26.9. The topological polar surface area (TPSA) is 27.7 Å². The van der Waals surface area contributed by atoms with Crippen LogP contribution in [0.15, 0.2) is 12.7 Å². The number of unbranched alkanes of at least 4 members (excludes halogenated alkanes) is 12. The molecule has 0 N–H and O–H groups in total. The van der Waals surface area contributed by atoms with Crippen LogP contribution in [0.2, 0.25) is 0 Å². The number of rotatable bonds is 23. The first kappa shape index (κ1) is 33.8. The maximum Gasteiger partial charge on any atom is 0.167 e. The fraction of sp³-hybridized carbons (Fsp3) is 0.931. The molecule has 0 bridgehead atoms. The molecule has 0 aromatic heterocycles. The van der Waals surface area contributed by atoms with Gasteiger partial charge in [-0.3, -0.25) is 0 Å². The molecule has 1 atom stereocenters. The SMILES string of the molecule is C=CC.CCCCCCCCCCOCCCC(CCCCCCCC)C(C)(OC)OC. The minimum Gasteiger partial charge on any atom is -0.381 e. The fourth-order valence-electron chi connectivity index (χ4n) is 4.13. The highest BCUT2D eigenvalue weighted by Crippen LogP contribution is 2.31. The molecular formula is C29H60O3. The van der Waals surface area contributed by atoms with Crippen molar-refractivity contribution in [2.24, 2.45) is 5.92 Å². The zero-order valence-electron chi connectivity index (χ0n) is 23.0. The lowest BCUT2D eigenvalue weighted by Crippen LogP contribution is -2.39. The molecule has 1 unspecified atom stereocenters. The third-order valence-corrected chi connectivity index (χ3v) is 6.44. The first-order valence-electron chi connectivity index (χ1n) is 13.8. The van der Waals surface area contributed by atoms with E-state index < -0.39 is 5.79 Å². The van der Waals surface area contributed by atoms with E-state index in [1.54, 1.807) is 20.3 Å². The Hall–Kier alpha value is -0.380. The second-order valence-corrected chi connectivity index (χ2v) is 9.32. The van der Waals surface area contributed by atoms with Gasteiger partial charge in [0.2, 0.25) is 0 Å². The third-order valence-electron chi connectivity index (χ3n) is 6.44. The Labute approximate surface area is 203 Å². The van der Waals surface area contributed by atoms with Crippen LogP contribution in [-0.2, 0) is 14.2 Å². The van der Waals surface area contributed by atoms with E-state index >= 15 is 0 Å². The summed E-state index contributed by atoms with van der Waals surface area (Å²) in [6.07, 6.45) is 24.0. The summed E-state index contributed by atoms with van der Waals surface area (Å²) in [4.78, 5) is 0. The molecule has 0 aromatic carbocycles. The molecule has 32 heavy (non-hydrogen) atoms. The molecule has 3 heteroatoms. The van der Waals surface area contributed by atoms with Crippen molar-refractivity contribution in [3.8, 4) is 0 Å². The minimum atomic E-state index is -0.471. The Kier molecular flexibility index (Phi) is 28.4. The van der Waals surface area contributed by atoms with Crippen LogP contribution in [0.1, 0.15) is 137 Å². The maximum absolute atomic E-state index is 5.90. The van der Waals surface area contributed by atoms with E-state index in [1.165, 1.54) is 96.3 Å². The van der Waals surface area contributed by atoms with Gasteiger partial charge >= 0.3 is 0 Å². The van der Waals surface area contributed by atoms with Crippen molar-refractivity contribution in [1.29, 1.82) is 0 Å². The highest BCUT2D eigenvalue weighted by molar-refractivity contribution is 4.75. The number of hydrogen-bond donors (Lipinski definition) is 0. The van der Waals surface area contributed by atoms with Crippen molar-refractivity contribution in [1.82, 2.24) is 0 Å². The van der Waals surface area contributed by atoms with Gasteiger partial charge in [0.15, 0.2) is 5.79 Å². The Bertz CT molecular complexity index is 352. The van der Waals surface area contributed by atoms with E-state index in [0.29, 0.717) is 5.92 Å². The average Bonchev–Trinajstić information content (AvgIpc) is 2.80. The highest BCUT2D eigenvalue weighted by Gasteiger charge is 2.33. The van der Waals surface area contributed by atoms with Crippen molar-refractivity contribution in [3.05, 3.63) is 12.7 Å². The van der Waals surface area contributed by atoms with Crippen LogP contribution in [0.3, 0.4) is 0 Å².